The highest BCUT2D eigenvalue weighted by molar-refractivity contribution is 5.89. The lowest BCUT2D eigenvalue weighted by Crippen LogP contribution is -2.27. The predicted octanol–water partition coefficient (Wildman–Crippen LogP) is 2.43. The minimum absolute atomic E-state index is 0.0252. The predicted molar refractivity (Wildman–Crippen MR) is 81.9 cm³/mol. The van der Waals surface area contributed by atoms with E-state index in [1.807, 2.05) is 0 Å². The average Bonchev–Trinajstić information content (AvgIpc) is 2.50. The van der Waals surface area contributed by atoms with Crippen LogP contribution in [0, 0.1) is 5.82 Å². The molecule has 0 radical (unpaired) electrons. The Balaban J connectivity index is 2.36. The zero-order valence-corrected chi connectivity index (χ0v) is 13.1. The summed E-state index contributed by atoms with van der Waals surface area (Å²) in [6.45, 7) is 8.99. The van der Waals surface area contributed by atoms with E-state index >= 15 is 0 Å². The standard InChI is InChI=1S/C16H25FN2O2/c1-4-19(5-2)10-6-9-18-12-13-7-8-14(15(17)11-13)16(20)21-3/h7-8,11,18H,4-6,9-10,12H2,1-3H3. The molecule has 1 N–H and O–H groups in total. The largest absolute Gasteiger partial charge is 0.465 e. The first kappa shape index (κ1) is 17.6. The first-order valence-corrected chi connectivity index (χ1v) is 7.42. The van der Waals surface area contributed by atoms with Crippen molar-refractivity contribution in [2.75, 3.05) is 33.3 Å². The molecule has 1 aromatic rings. The van der Waals surface area contributed by atoms with Gasteiger partial charge >= 0.3 is 5.97 Å². The quantitative estimate of drug-likeness (QED) is 0.561. The van der Waals surface area contributed by atoms with Gasteiger partial charge in [0.15, 0.2) is 0 Å². The molecule has 0 atom stereocenters. The molecule has 0 bridgehead atoms. The molecule has 0 aliphatic heterocycles. The van der Waals surface area contributed by atoms with Gasteiger partial charge in [-0.05, 0) is 50.3 Å². The molecular weight excluding hydrogens is 271 g/mol. The van der Waals surface area contributed by atoms with E-state index in [2.05, 4.69) is 28.8 Å². The number of ether oxygens (including phenoxy) is 1. The van der Waals surface area contributed by atoms with Crippen LogP contribution in [-0.4, -0.2) is 44.2 Å². The molecule has 0 aliphatic rings. The fraction of sp³-hybridized carbons (Fsp3) is 0.562. The van der Waals surface area contributed by atoms with Gasteiger partial charge in [0.1, 0.15) is 5.82 Å². The third-order valence-corrected chi connectivity index (χ3v) is 3.49. The van der Waals surface area contributed by atoms with Crippen LogP contribution in [0.3, 0.4) is 0 Å². The van der Waals surface area contributed by atoms with Crippen molar-refractivity contribution in [2.24, 2.45) is 0 Å². The van der Waals surface area contributed by atoms with E-state index in [0.29, 0.717) is 6.54 Å². The number of rotatable bonds is 9. The van der Waals surface area contributed by atoms with E-state index in [-0.39, 0.29) is 5.56 Å². The number of halogens is 1. The molecule has 0 aromatic heterocycles. The van der Waals surface area contributed by atoms with Crippen LogP contribution in [0.25, 0.3) is 0 Å². The van der Waals surface area contributed by atoms with Gasteiger partial charge in [-0.3, -0.25) is 0 Å². The zero-order chi connectivity index (χ0) is 15.7. The summed E-state index contributed by atoms with van der Waals surface area (Å²) in [5.74, 6) is -1.18. The van der Waals surface area contributed by atoms with Gasteiger partial charge in [0.2, 0.25) is 0 Å². The second-order valence-electron chi connectivity index (χ2n) is 4.86. The molecule has 0 saturated heterocycles. The molecule has 0 heterocycles. The van der Waals surface area contributed by atoms with Crippen molar-refractivity contribution in [1.82, 2.24) is 10.2 Å². The number of esters is 1. The fourth-order valence-corrected chi connectivity index (χ4v) is 2.14. The molecule has 4 nitrogen and oxygen atoms in total. The van der Waals surface area contributed by atoms with Crippen molar-refractivity contribution in [3.63, 3.8) is 0 Å². The van der Waals surface area contributed by atoms with Crippen LogP contribution in [0.4, 0.5) is 4.39 Å². The van der Waals surface area contributed by atoms with Gasteiger partial charge in [-0.25, -0.2) is 9.18 Å². The lowest BCUT2D eigenvalue weighted by molar-refractivity contribution is 0.0595. The SMILES string of the molecule is CCN(CC)CCCNCc1ccc(C(=O)OC)c(F)c1. The second kappa shape index (κ2) is 9.47. The highest BCUT2D eigenvalue weighted by Gasteiger charge is 2.11. The van der Waals surface area contributed by atoms with Crippen molar-refractivity contribution in [3.8, 4) is 0 Å². The van der Waals surface area contributed by atoms with Gasteiger partial charge in [-0.15, -0.1) is 0 Å². The van der Waals surface area contributed by atoms with E-state index in [1.54, 1.807) is 6.07 Å². The van der Waals surface area contributed by atoms with Crippen molar-refractivity contribution < 1.29 is 13.9 Å². The topological polar surface area (TPSA) is 41.6 Å². The first-order valence-electron chi connectivity index (χ1n) is 7.42. The molecule has 0 fully saturated rings. The molecule has 1 rings (SSSR count). The molecule has 0 aliphatic carbocycles. The summed E-state index contributed by atoms with van der Waals surface area (Å²) in [4.78, 5) is 13.7. The van der Waals surface area contributed by atoms with Crippen LogP contribution < -0.4 is 5.32 Å². The summed E-state index contributed by atoms with van der Waals surface area (Å²) >= 11 is 0. The van der Waals surface area contributed by atoms with E-state index in [0.717, 1.165) is 38.2 Å². The summed E-state index contributed by atoms with van der Waals surface area (Å²) in [5.41, 5.74) is 0.797. The second-order valence-corrected chi connectivity index (χ2v) is 4.86. The van der Waals surface area contributed by atoms with E-state index < -0.39 is 11.8 Å². The van der Waals surface area contributed by atoms with E-state index in [1.165, 1.54) is 19.2 Å². The summed E-state index contributed by atoms with van der Waals surface area (Å²) in [7, 11) is 1.24. The Morgan fingerprint density at radius 1 is 1.33 bits per heavy atom. The van der Waals surface area contributed by atoms with Crippen LogP contribution in [0.1, 0.15) is 36.2 Å². The van der Waals surface area contributed by atoms with Crippen molar-refractivity contribution in [3.05, 3.63) is 35.1 Å². The Hall–Kier alpha value is -1.46. The number of benzene rings is 1. The molecule has 0 saturated carbocycles. The number of carbonyl (C=O) groups excluding carboxylic acids is 1. The van der Waals surface area contributed by atoms with Crippen LogP contribution in [0.5, 0.6) is 0 Å². The fourth-order valence-electron chi connectivity index (χ4n) is 2.14. The van der Waals surface area contributed by atoms with Gasteiger partial charge in [-0.2, -0.15) is 0 Å². The smallest absolute Gasteiger partial charge is 0.340 e. The summed E-state index contributed by atoms with van der Waals surface area (Å²) in [6.07, 6.45) is 1.06. The minimum atomic E-state index is -0.647. The number of hydrogen-bond donors (Lipinski definition) is 1. The van der Waals surface area contributed by atoms with Crippen LogP contribution in [0.15, 0.2) is 18.2 Å². The van der Waals surface area contributed by atoms with E-state index in [4.69, 9.17) is 0 Å². The van der Waals surface area contributed by atoms with Gasteiger partial charge in [0.05, 0.1) is 12.7 Å². The normalized spacial score (nSPS) is 10.9. The maximum Gasteiger partial charge on any atom is 0.340 e. The lowest BCUT2D eigenvalue weighted by Gasteiger charge is -2.17. The van der Waals surface area contributed by atoms with Gasteiger partial charge in [-0.1, -0.05) is 19.9 Å². The monoisotopic (exact) mass is 296 g/mol. The maximum absolute atomic E-state index is 13.7. The number of methoxy groups -OCH3 is 1. The average molecular weight is 296 g/mol. The molecule has 1 aromatic carbocycles. The molecule has 0 unspecified atom stereocenters. The minimum Gasteiger partial charge on any atom is -0.465 e. The molecule has 0 amide bonds. The summed E-state index contributed by atoms with van der Waals surface area (Å²) in [6, 6.07) is 4.59. The summed E-state index contributed by atoms with van der Waals surface area (Å²) in [5, 5.41) is 3.29. The van der Waals surface area contributed by atoms with Crippen molar-refractivity contribution in [2.45, 2.75) is 26.8 Å². The van der Waals surface area contributed by atoms with Gasteiger partial charge < -0.3 is 15.0 Å². The summed E-state index contributed by atoms with van der Waals surface area (Å²) < 4.78 is 18.2. The van der Waals surface area contributed by atoms with Crippen LogP contribution in [-0.2, 0) is 11.3 Å². The third-order valence-electron chi connectivity index (χ3n) is 3.49. The molecule has 118 valence electrons. The Morgan fingerprint density at radius 3 is 2.62 bits per heavy atom. The number of carbonyl (C=O) groups is 1. The Kier molecular flexibility index (Phi) is 7.93. The molecule has 5 heteroatoms. The molecule has 0 spiro atoms. The van der Waals surface area contributed by atoms with Crippen LogP contribution in [0.2, 0.25) is 0 Å². The van der Waals surface area contributed by atoms with Crippen LogP contribution >= 0.6 is 0 Å². The number of nitrogens with zero attached hydrogens (tertiary/aromatic N) is 1. The highest BCUT2D eigenvalue weighted by Crippen LogP contribution is 2.11. The first-order chi connectivity index (χ1) is 10.1. The lowest BCUT2D eigenvalue weighted by atomic mass is 10.1. The third kappa shape index (κ3) is 5.81. The van der Waals surface area contributed by atoms with E-state index in [9.17, 15) is 9.18 Å². The highest BCUT2D eigenvalue weighted by atomic mass is 19.1. The Labute approximate surface area is 126 Å². The Morgan fingerprint density at radius 2 is 2.05 bits per heavy atom. The zero-order valence-electron chi connectivity index (χ0n) is 13.1. The number of nitrogens with one attached hydrogen (secondary N) is 1. The van der Waals surface area contributed by atoms with Crippen molar-refractivity contribution >= 4 is 5.97 Å². The van der Waals surface area contributed by atoms with Crippen molar-refractivity contribution in [1.29, 1.82) is 0 Å². The molecular formula is C16H25FN2O2. The molecule has 21 heavy (non-hydrogen) atoms. The van der Waals surface area contributed by atoms with Gasteiger partial charge in [0, 0.05) is 6.54 Å². The maximum atomic E-state index is 13.7. The number of hydrogen-bond acceptors (Lipinski definition) is 4. The Bertz CT molecular complexity index is 448. The van der Waals surface area contributed by atoms with Gasteiger partial charge in [0.25, 0.3) is 0 Å².